The van der Waals surface area contributed by atoms with Crippen molar-refractivity contribution in [1.82, 2.24) is 14.9 Å². The highest BCUT2D eigenvalue weighted by atomic mass is 35.5. The number of morpholine rings is 1. The summed E-state index contributed by atoms with van der Waals surface area (Å²) in [7, 11) is -3.49. The summed E-state index contributed by atoms with van der Waals surface area (Å²) < 4.78 is 35.1. The zero-order chi connectivity index (χ0) is 22.1. The minimum Gasteiger partial charge on any atom is -0.475 e. The van der Waals surface area contributed by atoms with E-state index in [-0.39, 0.29) is 39.3 Å². The summed E-state index contributed by atoms with van der Waals surface area (Å²) in [4.78, 5) is 23.5. The number of nitrogens with zero attached hydrogens (tertiary/aromatic N) is 3. The predicted molar refractivity (Wildman–Crippen MR) is 114 cm³/mol. The van der Waals surface area contributed by atoms with Crippen LogP contribution in [0.25, 0.3) is 0 Å². The molecule has 0 saturated carbocycles. The summed E-state index contributed by atoms with van der Waals surface area (Å²) in [6.07, 6.45) is 0.727. The molecule has 1 aliphatic rings. The van der Waals surface area contributed by atoms with E-state index in [1.54, 1.807) is 11.0 Å². The van der Waals surface area contributed by atoms with Crippen molar-refractivity contribution in [3.05, 3.63) is 32.9 Å². The zero-order valence-electron chi connectivity index (χ0n) is 17.2. The van der Waals surface area contributed by atoms with Gasteiger partial charge in [-0.05, 0) is 6.92 Å². The van der Waals surface area contributed by atoms with Gasteiger partial charge in [0.1, 0.15) is 23.4 Å². The lowest BCUT2D eigenvalue weighted by molar-refractivity contribution is -0.0406. The topological polar surface area (TPSA) is 98.7 Å². The van der Waals surface area contributed by atoms with Crippen molar-refractivity contribution in [3.8, 4) is 5.88 Å². The Bertz CT molecular complexity index is 1040. The van der Waals surface area contributed by atoms with Crippen LogP contribution in [0.4, 0.5) is 0 Å². The van der Waals surface area contributed by atoms with Crippen molar-refractivity contribution < 1.29 is 22.7 Å². The average molecular weight is 474 g/mol. The second-order valence-electron chi connectivity index (χ2n) is 7.43. The highest BCUT2D eigenvalue weighted by molar-refractivity contribution is 7.91. The molecule has 0 radical (unpaired) electrons. The molecule has 1 aliphatic heterocycles. The first-order valence-corrected chi connectivity index (χ1v) is 12.6. The van der Waals surface area contributed by atoms with Crippen LogP contribution in [-0.4, -0.2) is 67.9 Å². The van der Waals surface area contributed by atoms with E-state index >= 15 is 0 Å². The van der Waals surface area contributed by atoms with Crippen molar-refractivity contribution in [2.24, 2.45) is 0 Å². The molecule has 2 aromatic heterocycles. The molecule has 8 nitrogen and oxygen atoms in total. The molecule has 1 unspecified atom stereocenters. The number of carbonyl (C=O) groups is 1. The molecule has 3 rings (SSSR count). The second kappa shape index (κ2) is 9.17. The Kier molecular flexibility index (Phi) is 7.01. The number of sulfone groups is 1. The Morgan fingerprint density at radius 1 is 1.43 bits per heavy atom. The van der Waals surface area contributed by atoms with Gasteiger partial charge in [0.05, 0.1) is 23.1 Å². The van der Waals surface area contributed by atoms with E-state index in [9.17, 15) is 13.2 Å². The van der Waals surface area contributed by atoms with Gasteiger partial charge in [-0.1, -0.05) is 25.4 Å². The Balaban J connectivity index is 1.66. The lowest BCUT2D eigenvalue weighted by Gasteiger charge is -2.32. The van der Waals surface area contributed by atoms with Crippen LogP contribution in [0.3, 0.4) is 0 Å². The molecule has 1 saturated heterocycles. The van der Waals surface area contributed by atoms with E-state index in [1.165, 1.54) is 5.38 Å². The van der Waals surface area contributed by atoms with Gasteiger partial charge in [0.15, 0.2) is 9.84 Å². The third-order valence-electron chi connectivity index (χ3n) is 4.50. The summed E-state index contributed by atoms with van der Waals surface area (Å²) in [6.45, 7) is 7.18. The molecular weight excluding hydrogens is 450 g/mol. The number of aromatic nitrogens is 2. The van der Waals surface area contributed by atoms with Crippen LogP contribution < -0.4 is 4.74 Å². The molecule has 3 heterocycles. The smallest absolute Gasteiger partial charge is 0.265 e. The Morgan fingerprint density at radius 2 is 2.17 bits per heavy atom. The summed E-state index contributed by atoms with van der Waals surface area (Å²) in [5, 5.41) is 1.37. The van der Waals surface area contributed by atoms with Crippen LogP contribution in [0.2, 0.25) is 5.02 Å². The van der Waals surface area contributed by atoms with E-state index in [2.05, 4.69) is 9.97 Å². The molecule has 0 bridgehead atoms. The van der Waals surface area contributed by atoms with Crippen LogP contribution in [0.1, 0.15) is 41.0 Å². The molecule has 0 aliphatic carbocycles. The minimum absolute atomic E-state index is 0.0225. The molecule has 0 spiro atoms. The molecule has 1 amide bonds. The molecule has 1 fully saturated rings. The van der Waals surface area contributed by atoms with Crippen molar-refractivity contribution in [2.75, 3.05) is 32.6 Å². The maximum absolute atomic E-state index is 12.9. The summed E-state index contributed by atoms with van der Waals surface area (Å²) in [5.74, 6) is 1.05. The fraction of sp³-hybridized carbons (Fsp3) is 0.526. The van der Waals surface area contributed by atoms with Crippen molar-refractivity contribution in [1.29, 1.82) is 0 Å². The molecule has 164 valence electrons. The highest BCUT2D eigenvalue weighted by Crippen LogP contribution is 2.32. The second-order valence-corrected chi connectivity index (χ2v) is 10.7. The number of rotatable bonds is 6. The van der Waals surface area contributed by atoms with E-state index in [0.717, 1.165) is 23.3 Å². The predicted octanol–water partition coefficient (Wildman–Crippen LogP) is 2.95. The summed E-state index contributed by atoms with van der Waals surface area (Å²) in [6, 6.07) is 1.76. The first-order valence-electron chi connectivity index (χ1n) is 9.42. The van der Waals surface area contributed by atoms with Gasteiger partial charge in [0.25, 0.3) is 5.91 Å². The van der Waals surface area contributed by atoms with E-state index in [0.29, 0.717) is 31.4 Å². The van der Waals surface area contributed by atoms with Gasteiger partial charge in [-0.3, -0.25) is 4.79 Å². The summed E-state index contributed by atoms with van der Waals surface area (Å²) >= 11 is 7.20. The number of thiophene rings is 1. The fourth-order valence-corrected chi connectivity index (χ4v) is 5.82. The zero-order valence-corrected chi connectivity index (χ0v) is 19.6. The third-order valence-corrected chi connectivity index (χ3v) is 7.36. The number of amides is 1. The van der Waals surface area contributed by atoms with Gasteiger partial charge < -0.3 is 14.4 Å². The molecular formula is C19H24ClN3O5S2. The molecule has 0 aromatic carbocycles. The summed E-state index contributed by atoms with van der Waals surface area (Å²) in [5.41, 5.74) is 0.819. The minimum atomic E-state index is -3.49. The molecule has 0 N–H and O–H groups in total. The van der Waals surface area contributed by atoms with Gasteiger partial charge in [-0.25, -0.2) is 13.4 Å². The van der Waals surface area contributed by atoms with Crippen LogP contribution in [0.15, 0.2) is 16.3 Å². The van der Waals surface area contributed by atoms with Crippen molar-refractivity contribution in [3.63, 3.8) is 0 Å². The number of hydrogen-bond donors (Lipinski definition) is 0. The van der Waals surface area contributed by atoms with Crippen LogP contribution in [0, 0.1) is 6.92 Å². The first-order chi connectivity index (χ1) is 14.1. The monoisotopic (exact) mass is 473 g/mol. The van der Waals surface area contributed by atoms with Crippen LogP contribution in [-0.2, 0) is 14.6 Å². The Hall–Kier alpha value is -1.75. The highest BCUT2D eigenvalue weighted by Gasteiger charge is 2.30. The van der Waals surface area contributed by atoms with E-state index in [4.69, 9.17) is 21.1 Å². The Morgan fingerprint density at radius 3 is 2.80 bits per heavy atom. The first kappa shape index (κ1) is 22.9. The van der Waals surface area contributed by atoms with E-state index in [1.807, 2.05) is 20.8 Å². The number of halogens is 1. The molecule has 2 aromatic rings. The van der Waals surface area contributed by atoms with Crippen LogP contribution in [0.5, 0.6) is 5.88 Å². The Labute approximate surface area is 185 Å². The largest absolute Gasteiger partial charge is 0.475 e. The van der Waals surface area contributed by atoms with Gasteiger partial charge >= 0.3 is 0 Å². The number of ether oxygens (including phenoxy) is 2. The van der Waals surface area contributed by atoms with Gasteiger partial charge in [0.2, 0.25) is 5.88 Å². The lowest BCUT2D eigenvalue weighted by Crippen LogP contribution is -2.47. The number of carbonyl (C=O) groups excluding carboxylic acids is 1. The molecule has 1 atom stereocenters. The maximum Gasteiger partial charge on any atom is 0.265 e. The van der Waals surface area contributed by atoms with Crippen molar-refractivity contribution in [2.45, 2.75) is 37.7 Å². The van der Waals surface area contributed by atoms with Gasteiger partial charge in [-0.15, -0.1) is 11.3 Å². The van der Waals surface area contributed by atoms with Gasteiger partial charge in [0, 0.05) is 35.9 Å². The normalized spacial score (nSPS) is 17.4. The van der Waals surface area contributed by atoms with Gasteiger partial charge in [-0.2, -0.15) is 4.98 Å². The maximum atomic E-state index is 12.9. The standard InChI is InChI=1S/C19H24ClN3O5S2/c1-11(2)18-21-12(3)7-15(22-18)28-9-13-8-23(5-6-27-13)19(24)17-16(20)14(10-29-17)30(4,25)26/h7,10-11,13H,5-6,8-9H2,1-4H3. The average Bonchev–Trinajstić information content (AvgIpc) is 3.07. The lowest BCUT2D eigenvalue weighted by atomic mass is 10.2. The molecule has 11 heteroatoms. The fourth-order valence-electron chi connectivity index (χ4n) is 2.94. The SMILES string of the molecule is Cc1cc(OCC2CN(C(=O)c3scc(S(C)(=O)=O)c3Cl)CCO2)nc(C(C)C)n1. The van der Waals surface area contributed by atoms with Crippen molar-refractivity contribution >= 4 is 38.7 Å². The van der Waals surface area contributed by atoms with E-state index < -0.39 is 9.84 Å². The molecule has 30 heavy (non-hydrogen) atoms. The third kappa shape index (κ3) is 5.29. The van der Waals surface area contributed by atoms with Crippen LogP contribution >= 0.6 is 22.9 Å². The quantitative estimate of drug-likeness (QED) is 0.635. The number of aryl methyl sites for hydroxylation is 1. The number of hydrogen-bond acceptors (Lipinski definition) is 8.